The van der Waals surface area contributed by atoms with E-state index in [0.29, 0.717) is 5.92 Å². The fourth-order valence-corrected chi connectivity index (χ4v) is 1.76. The van der Waals surface area contributed by atoms with Crippen molar-refractivity contribution in [2.24, 2.45) is 5.92 Å². The standard InChI is InChI=1S/C9H14N2/c1-7-3-5-11-6-4-10-9(11)8(7)2/h4,6-8H,3,5H2,1-2H3. The van der Waals surface area contributed by atoms with Gasteiger partial charge in [0.25, 0.3) is 0 Å². The molecule has 2 nitrogen and oxygen atoms in total. The van der Waals surface area contributed by atoms with Crippen LogP contribution in [0.2, 0.25) is 0 Å². The highest BCUT2D eigenvalue weighted by atomic mass is 15.1. The molecule has 2 heterocycles. The van der Waals surface area contributed by atoms with Gasteiger partial charge in [-0.1, -0.05) is 13.8 Å². The van der Waals surface area contributed by atoms with Crippen molar-refractivity contribution in [3.8, 4) is 0 Å². The molecule has 0 amide bonds. The van der Waals surface area contributed by atoms with Crippen LogP contribution in [-0.4, -0.2) is 9.55 Å². The molecule has 0 spiro atoms. The Labute approximate surface area is 67.3 Å². The molecule has 0 N–H and O–H groups in total. The third kappa shape index (κ3) is 0.971. The molecular weight excluding hydrogens is 136 g/mol. The van der Waals surface area contributed by atoms with Gasteiger partial charge in [0.05, 0.1) is 0 Å². The smallest absolute Gasteiger partial charge is 0.111 e. The number of fused-ring (bicyclic) bond motifs is 1. The van der Waals surface area contributed by atoms with Crippen LogP contribution in [0.25, 0.3) is 0 Å². The third-order valence-electron chi connectivity index (χ3n) is 2.83. The van der Waals surface area contributed by atoms with Gasteiger partial charge in [-0.15, -0.1) is 0 Å². The molecule has 0 radical (unpaired) electrons. The highest BCUT2D eigenvalue weighted by molar-refractivity contribution is 5.03. The lowest BCUT2D eigenvalue weighted by atomic mass is 9.89. The highest BCUT2D eigenvalue weighted by Crippen LogP contribution is 2.29. The maximum Gasteiger partial charge on any atom is 0.111 e. The van der Waals surface area contributed by atoms with E-state index in [0.717, 1.165) is 12.5 Å². The first-order valence-electron chi connectivity index (χ1n) is 4.30. The van der Waals surface area contributed by atoms with E-state index >= 15 is 0 Å². The molecule has 1 aromatic heterocycles. The van der Waals surface area contributed by atoms with E-state index in [2.05, 4.69) is 29.6 Å². The molecule has 2 unspecified atom stereocenters. The van der Waals surface area contributed by atoms with Gasteiger partial charge in [0, 0.05) is 24.9 Å². The summed E-state index contributed by atoms with van der Waals surface area (Å²) in [6.07, 6.45) is 5.28. The van der Waals surface area contributed by atoms with E-state index in [1.807, 2.05) is 6.20 Å². The summed E-state index contributed by atoms with van der Waals surface area (Å²) < 4.78 is 2.27. The Morgan fingerprint density at radius 1 is 1.55 bits per heavy atom. The van der Waals surface area contributed by atoms with Gasteiger partial charge in [-0.3, -0.25) is 0 Å². The molecule has 0 aromatic carbocycles. The Morgan fingerprint density at radius 3 is 3.18 bits per heavy atom. The fraction of sp³-hybridized carbons (Fsp3) is 0.667. The summed E-state index contributed by atoms with van der Waals surface area (Å²) >= 11 is 0. The van der Waals surface area contributed by atoms with Crippen LogP contribution in [0, 0.1) is 5.92 Å². The molecule has 0 aliphatic carbocycles. The molecule has 0 bridgehead atoms. The minimum Gasteiger partial charge on any atom is -0.335 e. The van der Waals surface area contributed by atoms with Crippen molar-refractivity contribution in [1.29, 1.82) is 0 Å². The molecule has 1 aliphatic heterocycles. The Balaban J connectivity index is 2.38. The quantitative estimate of drug-likeness (QED) is 0.553. The van der Waals surface area contributed by atoms with Crippen molar-refractivity contribution in [1.82, 2.24) is 9.55 Å². The Bertz CT molecular complexity index is 252. The predicted octanol–water partition coefficient (Wildman–Crippen LogP) is 2.03. The number of imidazole rings is 1. The number of hydrogen-bond donors (Lipinski definition) is 0. The summed E-state index contributed by atoms with van der Waals surface area (Å²) in [7, 11) is 0. The van der Waals surface area contributed by atoms with Crippen molar-refractivity contribution >= 4 is 0 Å². The molecular formula is C9H14N2. The van der Waals surface area contributed by atoms with E-state index in [-0.39, 0.29) is 0 Å². The molecule has 11 heavy (non-hydrogen) atoms. The van der Waals surface area contributed by atoms with Crippen molar-refractivity contribution in [3.05, 3.63) is 18.2 Å². The lowest BCUT2D eigenvalue weighted by Crippen LogP contribution is -2.20. The van der Waals surface area contributed by atoms with Gasteiger partial charge in [0.2, 0.25) is 0 Å². The van der Waals surface area contributed by atoms with Crippen molar-refractivity contribution in [2.75, 3.05) is 0 Å². The summed E-state index contributed by atoms with van der Waals surface area (Å²) in [5.41, 5.74) is 0. The molecule has 1 aromatic rings. The van der Waals surface area contributed by atoms with Gasteiger partial charge >= 0.3 is 0 Å². The Kier molecular flexibility index (Phi) is 1.48. The van der Waals surface area contributed by atoms with Crippen molar-refractivity contribution < 1.29 is 0 Å². The van der Waals surface area contributed by atoms with Gasteiger partial charge in [-0.25, -0.2) is 4.98 Å². The van der Waals surface area contributed by atoms with E-state index < -0.39 is 0 Å². The second kappa shape index (κ2) is 2.36. The minimum absolute atomic E-state index is 0.638. The topological polar surface area (TPSA) is 17.8 Å². The molecule has 0 saturated heterocycles. The summed E-state index contributed by atoms with van der Waals surface area (Å²) in [6, 6.07) is 0. The van der Waals surface area contributed by atoms with E-state index in [1.54, 1.807) is 0 Å². The number of aromatic nitrogens is 2. The molecule has 2 atom stereocenters. The van der Waals surface area contributed by atoms with Crippen LogP contribution in [0.3, 0.4) is 0 Å². The number of nitrogens with zero attached hydrogens (tertiary/aromatic N) is 2. The third-order valence-corrected chi connectivity index (χ3v) is 2.83. The van der Waals surface area contributed by atoms with Gasteiger partial charge in [0.1, 0.15) is 5.82 Å². The van der Waals surface area contributed by atoms with Gasteiger partial charge in [-0.2, -0.15) is 0 Å². The molecule has 2 heteroatoms. The van der Waals surface area contributed by atoms with Gasteiger partial charge in [0.15, 0.2) is 0 Å². The highest BCUT2D eigenvalue weighted by Gasteiger charge is 2.23. The van der Waals surface area contributed by atoms with Crippen molar-refractivity contribution in [3.63, 3.8) is 0 Å². The van der Waals surface area contributed by atoms with Crippen LogP contribution >= 0.6 is 0 Å². The molecule has 0 fully saturated rings. The van der Waals surface area contributed by atoms with E-state index in [9.17, 15) is 0 Å². The van der Waals surface area contributed by atoms with E-state index in [1.165, 1.54) is 12.2 Å². The second-order valence-corrected chi connectivity index (χ2v) is 3.53. The lowest BCUT2D eigenvalue weighted by Gasteiger charge is -2.26. The van der Waals surface area contributed by atoms with Crippen LogP contribution in [0.15, 0.2) is 12.4 Å². The minimum atomic E-state index is 0.638. The van der Waals surface area contributed by atoms with Crippen LogP contribution in [0.5, 0.6) is 0 Å². The maximum atomic E-state index is 4.35. The zero-order chi connectivity index (χ0) is 7.84. The normalized spacial score (nSPS) is 30.0. The summed E-state index contributed by atoms with van der Waals surface area (Å²) in [5, 5.41) is 0. The average molecular weight is 150 g/mol. The average Bonchev–Trinajstić information content (AvgIpc) is 2.45. The Hall–Kier alpha value is -0.790. The van der Waals surface area contributed by atoms with Crippen LogP contribution in [-0.2, 0) is 6.54 Å². The summed E-state index contributed by atoms with van der Waals surface area (Å²) in [4.78, 5) is 4.35. The number of hydrogen-bond acceptors (Lipinski definition) is 1. The first-order chi connectivity index (χ1) is 5.29. The lowest BCUT2D eigenvalue weighted by molar-refractivity contribution is 0.350. The van der Waals surface area contributed by atoms with Crippen molar-refractivity contribution in [2.45, 2.75) is 32.7 Å². The Morgan fingerprint density at radius 2 is 2.36 bits per heavy atom. The van der Waals surface area contributed by atoms with Crippen LogP contribution in [0.1, 0.15) is 32.0 Å². The van der Waals surface area contributed by atoms with E-state index in [4.69, 9.17) is 0 Å². The summed E-state index contributed by atoms with van der Waals surface area (Å²) in [6.45, 7) is 5.73. The molecule has 2 rings (SSSR count). The second-order valence-electron chi connectivity index (χ2n) is 3.53. The number of aryl methyl sites for hydroxylation is 1. The zero-order valence-corrected chi connectivity index (χ0v) is 7.12. The number of rotatable bonds is 0. The SMILES string of the molecule is CC1CCn2ccnc2C1C. The first-order valence-corrected chi connectivity index (χ1v) is 4.30. The predicted molar refractivity (Wildman–Crippen MR) is 44.4 cm³/mol. The fourth-order valence-electron chi connectivity index (χ4n) is 1.76. The molecule has 1 aliphatic rings. The largest absolute Gasteiger partial charge is 0.335 e. The first kappa shape index (κ1) is 6.89. The van der Waals surface area contributed by atoms with Gasteiger partial charge in [-0.05, 0) is 12.3 Å². The maximum absolute atomic E-state index is 4.35. The van der Waals surface area contributed by atoms with Crippen LogP contribution < -0.4 is 0 Å². The zero-order valence-electron chi connectivity index (χ0n) is 7.12. The van der Waals surface area contributed by atoms with Gasteiger partial charge < -0.3 is 4.57 Å². The van der Waals surface area contributed by atoms with Crippen LogP contribution in [0.4, 0.5) is 0 Å². The molecule has 0 saturated carbocycles. The monoisotopic (exact) mass is 150 g/mol. The summed E-state index contributed by atoms with van der Waals surface area (Å²) in [5.74, 6) is 2.70. The molecule has 60 valence electrons.